The molecule has 0 spiro atoms. The summed E-state index contributed by atoms with van der Waals surface area (Å²) < 4.78 is 19.6. The van der Waals surface area contributed by atoms with Crippen LogP contribution in [0.1, 0.15) is 70.3 Å². The van der Waals surface area contributed by atoms with Crippen LogP contribution in [0.2, 0.25) is 0 Å². The largest absolute Gasteiger partial charge is 0.480 e. The molecule has 1 saturated carbocycles. The Hall–Kier alpha value is -1.97. The molecule has 1 heterocycles. The Morgan fingerprint density at radius 1 is 0.964 bits per heavy atom. The fourth-order valence-electron chi connectivity index (χ4n) is 4.36. The summed E-state index contributed by atoms with van der Waals surface area (Å²) in [7, 11) is 1.54. The second kappa shape index (κ2) is 10.5. The number of methoxy groups -OCH3 is 1. The van der Waals surface area contributed by atoms with Crippen molar-refractivity contribution in [2.45, 2.75) is 71.1 Å². The van der Waals surface area contributed by atoms with Crippen LogP contribution in [0.4, 0.5) is 4.39 Å². The first-order valence-electron chi connectivity index (χ1n) is 10.9. The molecule has 0 unspecified atom stereocenters. The SMILES string of the molecule is CCCCCC1CCC(CCc2ccc(-c3ccc(OC)nn3)c(F)c2)CC1. The molecule has 4 heteroatoms. The van der Waals surface area contributed by atoms with E-state index in [4.69, 9.17) is 4.74 Å². The number of nitrogens with zero attached hydrogens (tertiary/aromatic N) is 2. The van der Waals surface area contributed by atoms with Gasteiger partial charge in [-0.3, -0.25) is 0 Å². The van der Waals surface area contributed by atoms with Gasteiger partial charge in [0.15, 0.2) is 0 Å². The first kappa shape index (κ1) is 20.8. The maximum absolute atomic E-state index is 14.6. The van der Waals surface area contributed by atoms with Crippen molar-refractivity contribution in [3.05, 3.63) is 41.7 Å². The molecule has 28 heavy (non-hydrogen) atoms. The van der Waals surface area contributed by atoms with Crippen LogP contribution in [0, 0.1) is 17.7 Å². The molecule has 0 atom stereocenters. The minimum atomic E-state index is -0.225. The van der Waals surface area contributed by atoms with E-state index in [1.807, 2.05) is 12.1 Å². The molecule has 0 aliphatic heterocycles. The van der Waals surface area contributed by atoms with Crippen LogP contribution in [0.3, 0.4) is 0 Å². The molecule has 152 valence electrons. The minimum absolute atomic E-state index is 0.225. The summed E-state index contributed by atoms with van der Waals surface area (Å²) in [6, 6.07) is 8.96. The van der Waals surface area contributed by atoms with Crippen molar-refractivity contribution >= 4 is 0 Å². The van der Waals surface area contributed by atoms with Gasteiger partial charge < -0.3 is 4.74 Å². The second-order valence-electron chi connectivity index (χ2n) is 8.20. The number of unbranched alkanes of at least 4 members (excludes halogenated alkanes) is 2. The Kier molecular flexibility index (Phi) is 7.81. The quantitative estimate of drug-likeness (QED) is 0.456. The summed E-state index contributed by atoms with van der Waals surface area (Å²) in [5, 5.41) is 7.97. The zero-order chi connectivity index (χ0) is 19.8. The highest BCUT2D eigenvalue weighted by atomic mass is 19.1. The zero-order valence-corrected chi connectivity index (χ0v) is 17.3. The molecule has 0 amide bonds. The van der Waals surface area contributed by atoms with E-state index in [1.54, 1.807) is 18.2 Å². The average molecular weight is 385 g/mol. The van der Waals surface area contributed by atoms with E-state index in [0.29, 0.717) is 17.1 Å². The van der Waals surface area contributed by atoms with Gasteiger partial charge in [0.2, 0.25) is 5.88 Å². The fraction of sp³-hybridized carbons (Fsp3) is 0.583. The molecule has 0 N–H and O–H groups in total. The Balaban J connectivity index is 1.48. The molecule has 2 aromatic rings. The molecule has 0 radical (unpaired) electrons. The van der Waals surface area contributed by atoms with Crippen LogP contribution in [0.25, 0.3) is 11.3 Å². The van der Waals surface area contributed by atoms with Gasteiger partial charge >= 0.3 is 0 Å². The highest BCUT2D eigenvalue weighted by Crippen LogP contribution is 2.34. The number of aryl methyl sites for hydroxylation is 1. The van der Waals surface area contributed by atoms with E-state index < -0.39 is 0 Å². The minimum Gasteiger partial charge on any atom is -0.480 e. The number of halogens is 1. The van der Waals surface area contributed by atoms with Crippen molar-refractivity contribution in [1.82, 2.24) is 10.2 Å². The Morgan fingerprint density at radius 3 is 2.32 bits per heavy atom. The summed E-state index contributed by atoms with van der Waals surface area (Å²) in [4.78, 5) is 0. The topological polar surface area (TPSA) is 35.0 Å². The lowest BCUT2D eigenvalue weighted by Crippen LogP contribution is -2.15. The molecular formula is C24H33FN2O. The van der Waals surface area contributed by atoms with Gasteiger partial charge in [0.25, 0.3) is 0 Å². The van der Waals surface area contributed by atoms with Gasteiger partial charge in [-0.05, 0) is 48.4 Å². The maximum Gasteiger partial charge on any atom is 0.233 e. The number of ether oxygens (including phenoxy) is 1. The molecule has 1 aliphatic carbocycles. The van der Waals surface area contributed by atoms with Gasteiger partial charge in [0, 0.05) is 11.6 Å². The standard InChI is InChI=1S/C24H33FN2O/c1-3-4-5-6-18-7-9-19(10-8-18)11-12-20-13-14-21(22(25)17-20)23-15-16-24(28-2)27-26-23/h13-19H,3-12H2,1-2H3. The first-order valence-corrected chi connectivity index (χ1v) is 10.9. The lowest BCUT2D eigenvalue weighted by Gasteiger charge is -2.28. The Bertz CT molecular complexity index is 724. The Labute approximate surface area is 168 Å². The van der Waals surface area contributed by atoms with Gasteiger partial charge in [0.1, 0.15) is 5.82 Å². The van der Waals surface area contributed by atoms with Crippen molar-refractivity contribution in [3.63, 3.8) is 0 Å². The number of hydrogen-bond acceptors (Lipinski definition) is 3. The van der Waals surface area contributed by atoms with E-state index in [1.165, 1.54) is 64.9 Å². The summed E-state index contributed by atoms with van der Waals surface area (Å²) >= 11 is 0. The molecular weight excluding hydrogens is 351 g/mol. The average Bonchev–Trinajstić information content (AvgIpc) is 2.73. The van der Waals surface area contributed by atoms with Crippen LogP contribution < -0.4 is 4.74 Å². The van der Waals surface area contributed by atoms with Crippen LogP contribution in [-0.4, -0.2) is 17.3 Å². The predicted octanol–water partition coefficient (Wildman–Crippen LogP) is 6.61. The number of aromatic nitrogens is 2. The normalized spacial score (nSPS) is 19.5. The lowest BCUT2D eigenvalue weighted by molar-refractivity contribution is 0.249. The monoisotopic (exact) mass is 384 g/mol. The third kappa shape index (κ3) is 5.76. The van der Waals surface area contributed by atoms with Gasteiger partial charge in [-0.1, -0.05) is 64.4 Å². The Morgan fingerprint density at radius 2 is 1.71 bits per heavy atom. The van der Waals surface area contributed by atoms with Crippen molar-refractivity contribution < 1.29 is 9.13 Å². The molecule has 3 rings (SSSR count). The summed E-state index contributed by atoms with van der Waals surface area (Å²) in [5.41, 5.74) is 2.10. The van der Waals surface area contributed by atoms with Crippen molar-refractivity contribution in [2.24, 2.45) is 11.8 Å². The van der Waals surface area contributed by atoms with Crippen molar-refractivity contribution in [2.75, 3.05) is 7.11 Å². The second-order valence-corrected chi connectivity index (χ2v) is 8.20. The third-order valence-electron chi connectivity index (χ3n) is 6.18. The molecule has 0 saturated heterocycles. The van der Waals surface area contributed by atoms with Crippen LogP contribution >= 0.6 is 0 Å². The van der Waals surface area contributed by atoms with Crippen molar-refractivity contribution in [3.8, 4) is 17.1 Å². The predicted molar refractivity (Wildman–Crippen MR) is 112 cm³/mol. The summed E-state index contributed by atoms with van der Waals surface area (Å²) in [6.07, 6.45) is 13.1. The van der Waals surface area contributed by atoms with Gasteiger partial charge in [-0.2, -0.15) is 0 Å². The molecule has 3 nitrogen and oxygen atoms in total. The number of rotatable bonds is 9. The van der Waals surface area contributed by atoms with E-state index in [2.05, 4.69) is 17.1 Å². The highest BCUT2D eigenvalue weighted by Gasteiger charge is 2.20. The molecule has 1 aromatic heterocycles. The summed E-state index contributed by atoms with van der Waals surface area (Å²) in [6.45, 7) is 2.27. The number of benzene rings is 1. The van der Waals surface area contributed by atoms with E-state index >= 15 is 0 Å². The molecule has 1 fully saturated rings. The van der Waals surface area contributed by atoms with Crippen LogP contribution in [0.15, 0.2) is 30.3 Å². The van der Waals surface area contributed by atoms with E-state index in [-0.39, 0.29) is 5.82 Å². The smallest absolute Gasteiger partial charge is 0.233 e. The first-order chi connectivity index (χ1) is 13.7. The third-order valence-corrected chi connectivity index (χ3v) is 6.18. The van der Waals surface area contributed by atoms with Gasteiger partial charge in [-0.25, -0.2) is 4.39 Å². The van der Waals surface area contributed by atoms with Crippen LogP contribution in [-0.2, 0) is 6.42 Å². The molecule has 1 aliphatic rings. The van der Waals surface area contributed by atoms with E-state index in [0.717, 1.165) is 23.8 Å². The zero-order valence-electron chi connectivity index (χ0n) is 17.3. The van der Waals surface area contributed by atoms with Gasteiger partial charge in [0.05, 0.1) is 12.8 Å². The van der Waals surface area contributed by atoms with Crippen molar-refractivity contribution in [1.29, 1.82) is 0 Å². The lowest BCUT2D eigenvalue weighted by atomic mass is 9.78. The van der Waals surface area contributed by atoms with Crippen LogP contribution in [0.5, 0.6) is 5.88 Å². The van der Waals surface area contributed by atoms with Gasteiger partial charge in [-0.15, -0.1) is 10.2 Å². The fourth-order valence-corrected chi connectivity index (χ4v) is 4.36. The highest BCUT2D eigenvalue weighted by molar-refractivity contribution is 5.60. The molecule has 1 aromatic carbocycles. The maximum atomic E-state index is 14.6. The summed E-state index contributed by atoms with van der Waals surface area (Å²) in [5.74, 6) is 1.96. The van der Waals surface area contributed by atoms with E-state index in [9.17, 15) is 4.39 Å². The molecule has 0 bridgehead atoms. The number of hydrogen-bond donors (Lipinski definition) is 0.